The van der Waals surface area contributed by atoms with Crippen molar-refractivity contribution in [1.82, 2.24) is 39.5 Å². The maximum atomic E-state index is 13.3. The molecule has 1 saturated heterocycles. The van der Waals surface area contributed by atoms with Crippen molar-refractivity contribution < 1.29 is 18.0 Å². The number of nitrogens with two attached hydrogens (primary N) is 1. The third-order valence-corrected chi connectivity index (χ3v) is 7.23. The zero-order chi connectivity index (χ0) is 29.0. The van der Waals surface area contributed by atoms with Crippen molar-refractivity contribution in [2.75, 3.05) is 26.2 Å². The summed E-state index contributed by atoms with van der Waals surface area (Å²) >= 11 is 0. The standard InChI is InChI=1S/C27H29F3N10O/c28-27(29,30)23-12-18(13-32)11-22(37-23)26(41)39-9-7-38(8-10-39)20(3-1-2-5-31)16-40-15-19(14-36-40)24-21-4-6-33-25(21)35-17-34-24/h4,6,11-12,14-15,17,20H,1-3,7-10,13,16,32H2,(H,33,34,35)/t20-/m0/s1. The molecule has 1 atom stereocenters. The second-order valence-electron chi connectivity index (χ2n) is 9.89. The molecule has 0 spiro atoms. The Hall–Kier alpha value is -4.35. The van der Waals surface area contributed by atoms with Crippen LogP contribution in [0.1, 0.15) is 41.0 Å². The number of hydrogen-bond acceptors (Lipinski definition) is 8. The molecule has 0 aromatic carbocycles. The van der Waals surface area contributed by atoms with Crippen LogP contribution in [0.25, 0.3) is 22.3 Å². The van der Waals surface area contributed by atoms with Crippen molar-refractivity contribution in [2.24, 2.45) is 5.73 Å². The van der Waals surface area contributed by atoms with E-state index in [0.717, 1.165) is 34.8 Å². The minimum Gasteiger partial charge on any atom is -0.346 e. The van der Waals surface area contributed by atoms with E-state index in [9.17, 15) is 18.0 Å². The molecule has 3 N–H and O–H groups in total. The Labute approximate surface area is 233 Å². The van der Waals surface area contributed by atoms with Crippen LogP contribution in [-0.4, -0.2) is 77.6 Å². The van der Waals surface area contributed by atoms with Gasteiger partial charge in [0.25, 0.3) is 5.91 Å². The number of carbonyl (C=O) groups excluding carboxylic acids is 1. The van der Waals surface area contributed by atoms with Crippen LogP contribution < -0.4 is 5.73 Å². The van der Waals surface area contributed by atoms with Crippen LogP contribution in [0, 0.1) is 11.3 Å². The summed E-state index contributed by atoms with van der Waals surface area (Å²) in [7, 11) is 0. The van der Waals surface area contributed by atoms with Crippen molar-refractivity contribution in [1.29, 1.82) is 5.26 Å². The molecule has 214 valence electrons. The van der Waals surface area contributed by atoms with Crippen LogP contribution >= 0.6 is 0 Å². The Bertz CT molecular complexity index is 1550. The fourth-order valence-electron chi connectivity index (χ4n) is 5.12. The molecule has 1 fully saturated rings. The van der Waals surface area contributed by atoms with Gasteiger partial charge in [0, 0.05) is 68.5 Å². The Morgan fingerprint density at radius 2 is 2.00 bits per heavy atom. The topological polar surface area (TPSA) is 146 Å². The highest BCUT2D eigenvalue weighted by atomic mass is 19.4. The Kier molecular flexibility index (Phi) is 8.27. The van der Waals surface area contributed by atoms with E-state index in [4.69, 9.17) is 11.0 Å². The first-order valence-electron chi connectivity index (χ1n) is 13.3. The van der Waals surface area contributed by atoms with Gasteiger partial charge in [0.1, 0.15) is 23.4 Å². The Morgan fingerprint density at radius 3 is 2.73 bits per heavy atom. The van der Waals surface area contributed by atoms with Gasteiger partial charge in [0.2, 0.25) is 0 Å². The van der Waals surface area contributed by atoms with E-state index in [1.165, 1.54) is 17.3 Å². The molecule has 41 heavy (non-hydrogen) atoms. The highest BCUT2D eigenvalue weighted by Gasteiger charge is 2.35. The largest absolute Gasteiger partial charge is 0.433 e. The fraction of sp³-hybridized carbons (Fsp3) is 0.407. The van der Waals surface area contributed by atoms with Crippen LogP contribution in [-0.2, 0) is 19.3 Å². The highest BCUT2D eigenvalue weighted by molar-refractivity contribution is 5.92. The normalized spacial score (nSPS) is 15.2. The van der Waals surface area contributed by atoms with Gasteiger partial charge in [-0.3, -0.25) is 14.4 Å². The second kappa shape index (κ2) is 12.0. The van der Waals surface area contributed by atoms with E-state index in [0.29, 0.717) is 45.6 Å². The first-order chi connectivity index (χ1) is 19.8. The van der Waals surface area contributed by atoms with E-state index in [1.54, 1.807) is 6.20 Å². The van der Waals surface area contributed by atoms with Crippen LogP contribution in [0.2, 0.25) is 0 Å². The second-order valence-corrected chi connectivity index (χ2v) is 9.89. The third-order valence-electron chi connectivity index (χ3n) is 7.23. The molecule has 5 rings (SSSR count). The van der Waals surface area contributed by atoms with Gasteiger partial charge in [-0.15, -0.1) is 0 Å². The number of nitriles is 1. The van der Waals surface area contributed by atoms with Crippen LogP contribution in [0.4, 0.5) is 13.2 Å². The molecule has 0 unspecified atom stereocenters. The van der Waals surface area contributed by atoms with Gasteiger partial charge in [-0.25, -0.2) is 15.0 Å². The number of carbonyl (C=O) groups is 1. The minimum absolute atomic E-state index is 0.0431. The molecule has 1 aliphatic heterocycles. The number of alkyl halides is 3. The Balaban J connectivity index is 1.27. The smallest absolute Gasteiger partial charge is 0.346 e. The number of nitrogens with one attached hydrogen (secondary N) is 1. The van der Waals surface area contributed by atoms with Crippen molar-refractivity contribution in [2.45, 2.75) is 44.6 Å². The van der Waals surface area contributed by atoms with Gasteiger partial charge < -0.3 is 15.6 Å². The molecule has 5 heterocycles. The molecular formula is C27H29F3N10O. The number of piperazine rings is 1. The van der Waals surface area contributed by atoms with Gasteiger partial charge in [-0.05, 0) is 36.6 Å². The predicted molar refractivity (Wildman–Crippen MR) is 143 cm³/mol. The molecule has 0 aliphatic carbocycles. The monoisotopic (exact) mass is 566 g/mol. The van der Waals surface area contributed by atoms with E-state index in [-0.39, 0.29) is 23.8 Å². The molecule has 0 radical (unpaired) electrons. The van der Waals surface area contributed by atoms with E-state index < -0.39 is 17.8 Å². The number of aromatic amines is 1. The SMILES string of the molecule is N#CCCC[C@@H](Cn1cc(-c2ncnc3[nH]ccc23)cn1)N1CCN(C(=O)c2cc(CN)cc(C(F)(F)F)n2)CC1. The molecule has 14 heteroatoms. The minimum atomic E-state index is -4.68. The van der Waals surface area contributed by atoms with Crippen molar-refractivity contribution >= 4 is 16.9 Å². The summed E-state index contributed by atoms with van der Waals surface area (Å²) in [6.07, 6.45) is 4.21. The summed E-state index contributed by atoms with van der Waals surface area (Å²) in [6.45, 7) is 2.15. The molecule has 4 aromatic heterocycles. The summed E-state index contributed by atoms with van der Waals surface area (Å²) in [5.41, 5.74) is 6.75. The zero-order valence-corrected chi connectivity index (χ0v) is 22.2. The number of pyridine rings is 1. The first-order valence-corrected chi connectivity index (χ1v) is 13.3. The number of amides is 1. The molecule has 0 saturated carbocycles. The van der Waals surface area contributed by atoms with Gasteiger partial charge in [0.15, 0.2) is 0 Å². The number of aromatic nitrogens is 6. The number of hydrogen-bond donors (Lipinski definition) is 2. The lowest BCUT2D eigenvalue weighted by atomic mass is 10.1. The van der Waals surface area contributed by atoms with Crippen LogP contribution in [0.5, 0.6) is 0 Å². The summed E-state index contributed by atoms with van der Waals surface area (Å²) in [5.74, 6) is -0.552. The van der Waals surface area contributed by atoms with Crippen LogP contribution in [0.3, 0.4) is 0 Å². The molecule has 0 bridgehead atoms. The number of unbranched alkanes of at least 4 members (excludes halogenated alkanes) is 1. The van der Waals surface area contributed by atoms with Crippen molar-refractivity contribution in [3.8, 4) is 17.3 Å². The Morgan fingerprint density at radius 1 is 1.20 bits per heavy atom. The number of fused-ring (bicyclic) bond motifs is 1. The highest BCUT2D eigenvalue weighted by Crippen LogP contribution is 2.29. The van der Waals surface area contributed by atoms with Gasteiger partial charge in [-0.1, -0.05) is 0 Å². The average Bonchev–Trinajstić information content (AvgIpc) is 3.65. The van der Waals surface area contributed by atoms with Gasteiger partial charge >= 0.3 is 6.18 Å². The molecular weight excluding hydrogens is 537 g/mol. The van der Waals surface area contributed by atoms with Crippen molar-refractivity contribution in [3.63, 3.8) is 0 Å². The van der Waals surface area contributed by atoms with E-state index in [2.05, 4.69) is 36.0 Å². The summed E-state index contributed by atoms with van der Waals surface area (Å²) in [6, 6.07) is 6.34. The van der Waals surface area contributed by atoms with Crippen LogP contribution in [0.15, 0.2) is 43.1 Å². The van der Waals surface area contributed by atoms with Crippen molar-refractivity contribution in [3.05, 3.63) is 60.1 Å². The van der Waals surface area contributed by atoms with E-state index in [1.807, 2.05) is 23.1 Å². The summed E-state index contributed by atoms with van der Waals surface area (Å²) in [4.78, 5) is 32.2. The molecule has 4 aromatic rings. The fourth-order valence-corrected chi connectivity index (χ4v) is 5.12. The third kappa shape index (κ3) is 6.36. The number of nitrogens with zero attached hydrogens (tertiary/aromatic N) is 8. The maximum absolute atomic E-state index is 13.3. The summed E-state index contributed by atoms with van der Waals surface area (Å²) in [5, 5.41) is 14.5. The lowest BCUT2D eigenvalue weighted by Crippen LogP contribution is -2.53. The number of H-pyrrole nitrogens is 1. The van der Waals surface area contributed by atoms with E-state index >= 15 is 0 Å². The molecule has 1 aliphatic rings. The lowest BCUT2D eigenvalue weighted by molar-refractivity contribution is -0.141. The predicted octanol–water partition coefficient (Wildman–Crippen LogP) is 3.21. The summed E-state index contributed by atoms with van der Waals surface area (Å²) < 4.78 is 41.8. The maximum Gasteiger partial charge on any atom is 0.433 e. The number of rotatable bonds is 9. The van der Waals surface area contributed by atoms with Gasteiger partial charge in [-0.2, -0.15) is 23.5 Å². The molecule has 11 nitrogen and oxygen atoms in total. The molecule has 1 amide bonds. The average molecular weight is 567 g/mol. The first kappa shape index (κ1) is 28.2. The number of halogens is 3. The quantitative estimate of drug-likeness (QED) is 0.294. The lowest BCUT2D eigenvalue weighted by Gasteiger charge is -2.39. The zero-order valence-electron chi connectivity index (χ0n) is 22.2. The van der Waals surface area contributed by atoms with Gasteiger partial charge in [0.05, 0.1) is 24.5 Å².